The number of urea groups is 1. The van der Waals surface area contributed by atoms with Crippen molar-refractivity contribution in [2.75, 3.05) is 29.4 Å². The first-order valence-electron chi connectivity index (χ1n) is 8.48. The first-order valence-corrected chi connectivity index (χ1v) is 10.4. The summed E-state index contributed by atoms with van der Waals surface area (Å²) in [5, 5.41) is 12.4. The van der Waals surface area contributed by atoms with E-state index in [1.807, 2.05) is 0 Å². The topological polar surface area (TPSA) is 116 Å². The molecule has 0 aromatic heterocycles. The second kappa shape index (κ2) is 6.46. The molecule has 142 valence electrons. The molecule has 1 aromatic carbocycles. The molecule has 2 aliphatic rings. The summed E-state index contributed by atoms with van der Waals surface area (Å²) in [6, 6.07) is 4.58. The Bertz CT molecular complexity index is 854. The van der Waals surface area contributed by atoms with Gasteiger partial charge in [-0.15, -0.1) is 0 Å². The summed E-state index contributed by atoms with van der Waals surface area (Å²) in [5.74, 6) is -0.837. The second-order valence-corrected chi connectivity index (χ2v) is 9.01. The van der Waals surface area contributed by atoms with E-state index in [2.05, 4.69) is 10.0 Å². The highest BCUT2D eigenvalue weighted by atomic mass is 32.2. The smallest absolute Gasteiger partial charge is 0.321 e. The SMILES string of the molecule is Cc1ccc(NC(=O)N2C[C@@H]3CCC[C@@]3(C(=O)O)C2)cc1NS(C)(=O)=O. The molecule has 0 radical (unpaired) electrons. The van der Waals surface area contributed by atoms with E-state index in [0.29, 0.717) is 24.3 Å². The maximum atomic E-state index is 12.6. The van der Waals surface area contributed by atoms with Crippen LogP contribution in [0, 0.1) is 18.3 Å². The van der Waals surface area contributed by atoms with Gasteiger partial charge < -0.3 is 15.3 Å². The van der Waals surface area contributed by atoms with Crippen LogP contribution in [0.5, 0.6) is 0 Å². The minimum absolute atomic E-state index is 0.00812. The van der Waals surface area contributed by atoms with Crippen LogP contribution in [0.25, 0.3) is 0 Å². The van der Waals surface area contributed by atoms with Gasteiger partial charge in [0.1, 0.15) is 0 Å². The molecule has 1 saturated carbocycles. The zero-order chi connectivity index (χ0) is 19.1. The van der Waals surface area contributed by atoms with Gasteiger partial charge in [0.05, 0.1) is 17.4 Å². The Labute approximate surface area is 152 Å². The number of likely N-dealkylation sites (tertiary alicyclic amines) is 1. The molecule has 2 amide bonds. The van der Waals surface area contributed by atoms with Crippen LogP contribution in [0.1, 0.15) is 24.8 Å². The maximum absolute atomic E-state index is 12.6. The van der Waals surface area contributed by atoms with Gasteiger partial charge in [-0.1, -0.05) is 12.5 Å². The number of anilines is 2. The predicted octanol–water partition coefficient (Wildman–Crippen LogP) is 2.09. The Morgan fingerprint density at radius 3 is 2.69 bits per heavy atom. The lowest BCUT2D eigenvalue weighted by molar-refractivity contribution is -0.149. The van der Waals surface area contributed by atoms with E-state index < -0.39 is 21.4 Å². The number of aliphatic carboxylic acids is 1. The van der Waals surface area contributed by atoms with E-state index >= 15 is 0 Å². The minimum Gasteiger partial charge on any atom is -0.481 e. The second-order valence-electron chi connectivity index (χ2n) is 7.27. The fraction of sp³-hybridized carbons (Fsp3) is 0.529. The lowest BCUT2D eigenvalue weighted by atomic mass is 9.81. The van der Waals surface area contributed by atoms with Gasteiger partial charge in [-0.3, -0.25) is 9.52 Å². The Hall–Kier alpha value is -2.29. The summed E-state index contributed by atoms with van der Waals surface area (Å²) >= 11 is 0. The Morgan fingerprint density at radius 2 is 2.08 bits per heavy atom. The third kappa shape index (κ3) is 3.48. The third-order valence-electron chi connectivity index (χ3n) is 5.37. The fourth-order valence-corrected chi connectivity index (χ4v) is 4.62. The van der Waals surface area contributed by atoms with Crippen molar-refractivity contribution in [3.8, 4) is 0 Å². The Kier molecular flexibility index (Phi) is 4.60. The average Bonchev–Trinajstić information content (AvgIpc) is 3.07. The quantitative estimate of drug-likeness (QED) is 0.738. The molecular weight excluding hydrogens is 358 g/mol. The van der Waals surface area contributed by atoms with Crippen LogP contribution < -0.4 is 10.0 Å². The molecule has 1 saturated heterocycles. The third-order valence-corrected chi connectivity index (χ3v) is 5.96. The van der Waals surface area contributed by atoms with Gasteiger partial charge >= 0.3 is 12.0 Å². The van der Waals surface area contributed by atoms with E-state index in [1.165, 1.54) is 0 Å². The number of carbonyl (C=O) groups is 2. The maximum Gasteiger partial charge on any atom is 0.321 e. The summed E-state index contributed by atoms with van der Waals surface area (Å²) in [6.45, 7) is 2.40. The summed E-state index contributed by atoms with van der Waals surface area (Å²) in [4.78, 5) is 25.8. The lowest BCUT2D eigenvalue weighted by Gasteiger charge is -2.23. The molecule has 1 heterocycles. The molecule has 0 spiro atoms. The molecule has 8 nitrogen and oxygen atoms in total. The predicted molar refractivity (Wildman–Crippen MR) is 97.6 cm³/mol. The number of nitrogens with zero attached hydrogens (tertiary/aromatic N) is 1. The molecule has 2 fully saturated rings. The van der Waals surface area contributed by atoms with Gasteiger partial charge in [-0.25, -0.2) is 13.2 Å². The van der Waals surface area contributed by atoms with Crippen LogP contribution in [-0.2, 0) is 14.8 Å². The van der Waals surface area contributed by atoms with Crippen LogP contribution in [0.4, 0.5) is 16.2 Å². The number of carboxylic acids is 1. The first-order chi connectivity index (χ1) is 12.1. The number of rotatable bonds is 4. The zero-order valence-corrected chi connectivity index (χ0v) is 15.6. The molecule has 1 aliphatic heterocycles. The van der Waals surface area contributed by atoms with Gasteiger partial charge in [-0.05, 0) is 43.4 Å². The van der Waals surface area contributed by atoms with Gasteiger partial charge in [0.25, 0.3) is 0 Å². The number of fused-ring (bicyclic) bond motifs is 1. The molecule has 0 bridgehead atoms. The van der Waals surface area contributed by atoms with Crippen molar-refractivity contribution < 1.29 is 23.1 Å². The van der Waals surface area contributed by atoms with Gasteiger partial charge in [0.15, 0.2) is 0 Å². The monoisotopic (exact) mass is 381 g/mol. The average molecular weight is 381 g/mol. The number of sulfonamides is 1. The van der Waals surface area contributed by atoms with Crippen LogP contribution >= 0.6 is 0 Å². The molecule has 1 aliphatic carbocycles. The first kappa shape index (κ1) is 18.5. The number of benzene rings is 1. The highest BCUT2D eigenvalue weighted by Crippen LogP contribution is 2.48. The molecule has 3 N–H and O–H groups in total. The number of hydrogen-bond donors (Lipinski definition) is 3. The van der Waals surface area contributed by atoms with Crippen LogP contribution in [0.15, 0.2) is 18.2 Å². The Morgan fingerprint density at radius 1 is 1.35 bits per heavy atom. The number of amides is 2. The van der Waals surface area contributed by atoms with Crippen molar-refractivity contribution in [2.45, 2.75) is 26.2 Å². The van der Waals surface area contributed by atoms with E-state index in [9.17, 15) is 23.1 Å². The van der Waals surface area contributed by atoms with Crippen molar-refractivity contribution in [3.05, 3.63) is 23.8 Å². The van der Waals surface area contributed by atoms with E-state index in [0.717, 1.165) is 24.7 Å². The molecule has 1 aromatic rings. The van der Waals surface area contributed by atoms with Crippen molar-refractivity contribution in [3.63, 3.8) is 0 Å². The largest absolute Gasteiger partial charge is 0.481 e. The summed E-state index contributed by atoms with van der Waals surface area (Å²) in [7, 11) is -3.43. The Balaban J connectivity index is 1.73. The molecular formula is C17H23N3O5S. The minimum atomic E-state index is -3.43. The molecule has 3 rings (SSSR count). The van der Waals surface area contributed by atoms with Crippen molar-refractivity contribution in [1.82, 2.24) is 4.90 Å². The summed E-state index contributed by atoms with van der Waals surface area (Å²) in [6.07, 6.45) is 3.36. The van der Waals surface area contributed by atoms with E-state index in [1.54, 1.807) is 30.0 Å². The standard InChI is InChI=1S/C17H23N3O5S/c1-11-5-6-13(8-14(11)19-26(2,24)25)18-16(23)20-9-12-4-3-7-17(12,10-20)15(21)22/h5-6,8,12,19H,3-4,7,9-10H2,1-2H3,(H,18,23)(H,21,22)/t12-,17+/m0/s1. The molecule has 9 heteroatoms. The number of aryl methyl sites for hydroxylation is 1. The number of hydrogen-bond acceptors (Lipinski definition) is 4. The molecule has 0 unspecified atom stereocenters. The van der Waals surface area contributed by atoms with Crippen molar-refractivity contribution in [1.29, 1.82) is 0 Å². The van der Waals surface area contributed by atoms with E-state index in [4.69, 9.17) is 0 Å². The van der Waals surface area contributed by atoms with Crippen molar-refractivity contribution >= 4 is 33.4 Å². The van der Waals surface area contributed by atoms with Crippen molar-refractivity contribution in [2.24, 2.45) is 11.3 Å². The summed E-state index contributed by atoms with van der Waals surface area (Å²) < 4.78 is 25.3. The van der Waals surface area contributed by atoms with Crippen LogP contribution in [-0.4, -0.2) is 49.8 Å². The number of carbonyl (C=O) groups excluding carboxylic acids is 1. The van der Waals surface area contributed by atoms with Crippen LogP contribution in [0.3, 0.4) is 0 Å². The van der Waals surface area contributed by atoms with Gasteiger partial charge in [0, 0.05) is 18.8 Å². The molecule has 26 heavy (non-hydrogen) atoms. The number of carboxylic acid groups (broad SMARTS) is 1. The van der Waals surface area contributed by atoms with Gasteiger partial charge in [-0.2, -0.15) is 0 Å². The number of nitrogens with one attached hydrogen (secondary N) is 2. The van der Waals surface area contributed by atoms with E-state index in [-0.39, 0.29) is 18.5 Å². The fourth-order valence-electron chi connectivity index (χ4n) is 4.01. The summed E-state index contributed by atoms with van der Waals surface area (Å²) in [5.41, 5.74) is 0.751. The normalized spacial score (nSPS) is 25.0. The molecule has 2 atom stereocenters. The van der Waals surface area contributed by atoms with Crippen LogP contribution in [0.2, 0.25) is 0 Å². The zero-order valence-electron chi connectivity index (χ0n) is 14.8. The highest BCUT2D eigenvalue weighted by molar-refractivity contribution is 7.92. The highest BCUT2D eigenvalue weighted by Gasteiger charge is 2.55. The van der Waals surface area contributed by atoms with Gasteiger partial charge in [0.2, 0.25) is 10.0 Å². The lowest BCUT2D eigenvalue weighted by Crippen LogP contribution is -2.38.